The van der Waals surface area contributed by atoms with Crippen molar-refractivity contribution in [2.45, 2.75) is 13.5 Å². The second kappa shape index (κ2) is 3.42. The molecule has 0 aliphatic heterocycles. The van der Waals surface area contributed by atoms with Crippen LogP contribution in [-0.4, -0.2) is 5.10 Å². The van der Waals surface area contributed by atoms with Crippen molar-refractivity contribution in [3.63, 3.8) is 0 Å². The van der Waals surface area contributed by atoms with E-state index < -0.39 is 11.6 Å². The molecule has 0 aliphatic rings. The monoisotopic (exact) mass is 210 g/mol. The molecule has 15 heavy (non-hydrogen) atoms. The summed E-state index contributed by atoms with van der Waals surface area (Å²) >= 11 is 0. The number of hydrogen-bond donors (Lipinski definition) is 0. The van der Waals surface area contributed by atoms with Crippen LogP contribution in [0.5, 0.6) is 5.75 Å². The summed E-state index contributed by atoms with van der Waals surface area (Å²) in [6, 6.07) is 1.80. The molecular formula is C10H8F2N2O. The Kier molecular flexibility index (Phi) is 2.22. The minimum Gasteiger partial charge on any atom is -0.868 e. The fourth-order valence-electron chi connectivity index (χ4n) is 1.35. The van der Waals surface area contributed by atoms with Crippen molar-refractivity contribution in [1.82, 2.24) is 5.10 Å². The molecule has 0 aliphatic carbocycles. The molecule has 0 saturated carbocycles. The van der Waals surface area contributed by atoms with Gasteiger partial charge in [-0.25, -0.2) is 8.78 Å². The fraction of sp³-hybridized carbons (Fsp3) is 0.200. The van der Waals surface area contributed by atoms with Crippen molar-refractivity contribution in [1.29, 1.82) is 0 Å². The molecule has 0 amide bonds. The second-order valence-electron chi connectivity index (χ2n) is 3.13. The van der Waals surface area contributed by atoms with Crippen LogP contribution in [0.1, 0.15) is 6.92 Å². The molecular weight excluding hydrogens is 202 g/mol. The number of rotatable bonds is 1. The maximum Gasteiger partial charge on any atom is 0.189 e. The highest BCUT2D eigenvalue weighted by molar-refractivity contribution is 5.82. The van der Waals surface area contributed by atoms with Crippen molar-refractivity contribution < 1.29 is 18.6 Å². The third-order valence-electron chi connectivity index (χ3n) is 2.13. The van der Waals surface area contributed by atoms with E-state index >= 15 is 0 Å². The quantitative estimate of drug-likeness (QED) is 0.656. The van der Waals surface area contributed by atoms with E-state index in [1.807, 2.05) is 0 Å². The van der Waals surface area contributed by atoms with Crippen LogP contribution in [0.2, 0.25) is 0 Å². The predicted octanol–water partition coefficient (Wildman–Crippen LogP) is 0.894. The number of hydrogen-bond acceptors (Lipinski definition) is 2. The van der Waals surface area contributed by atoms with Crippen molar-refractivity contribution in [3.05, 3.63) is 30.0 Å². The van der Waals surface area contributed by atoms with Crippen LogP contribution in [0.4, 0.5) is 8.78 Å². The Balaban J connectivity index is 2.80. The lowest BCUT2D eigenvalue weighted by Gasteiger charge is -2.07. The van der Waals surface area contributed by atoms with E-state index in [0.29, 0.717) is 6.54 Å². The molecule has 5 heteroatoms. The molecule has 0 N–H and O–H groups in total. The molecule has 1 heterocycles. The van der Waals surface area contributed by atoms with Crippen LogP contribution in [0.25, 0.3) is 10.9 Å². The van der Waals surface area contributed by atoms with Gasteiger partial charge in [-0.1, -0.05) is 4.68 Å². The molecule has 3 nitrogen and oxygen atoms in total. The normalized spacial score (nSPS) is 10.9. The fourth-order valence-corrected chi connectivity index (χ4v) is 1.35. The Hall–Kier alpha value is -1.78. The standard InChI is InChI=1S/C10H8F2N2O/c1-2-14-5-10(15)6-3-7(11)8(12)4-9(6)13-14/h3-5H,2H2,1H3. The first-order chi connectivity index (χ1) is 7.11. The first-order valence-electron chi connectivity index (χ1n) is 4.48. The number of aryl methyl sites for hydroxylation is 1. The molecule has 0 unspecified atom stereocenters. The lowest BCUT2D eigenvalue weighted by atomic mass is 10.2. The molecule has 78 valence electrons. The molecule has 0 saturated heterocycles. The molecule has 1 aromatic carbocycles. The number of fused-ring (bicyclic) bond motifs is 1. The number of nitrogens with zero attached hydrogens (tertiary/aromatic N) is 2. The number of aromatic nitrogens is 2. The van der Waals surface area contributed by atoms with E-state index in [2.05, 4.69) is 5.10 Å². The molecule has 2 aromatic rings. The predicted molar refractivity (Wildman–Crippen MR) is 47.0 cm³/mol. The van der Waals surface area contributed by atoms with Gasteiger partial charge >= 0.3 is 0 Å². The van der Waals surface area contributed by atoms with Crippen LogP contribution >= 0.6 is 0 Å². The second-order valence-corrected chi connectivity index (χ2v) is 3.13. The average molecular weight is 210 g/mol. The van der Waals surface area contributed by atoms with Crippen LogP contribution in [-0.2, 0) is 6.54 Å². The van der Waals surface area contributed by atoms with Gasteiger partial charge in [-0.2, -0.15) is 0 Å². The van der Waals surface area contributed by atoms with E-state index in [1.165, 1.54) is 10.9 Å². The molecule has 0 radical (unpaired) electrons. The molecule has 0 spiro atoms. The summed E-state index contributed by atoms with van der Waals surface area (Å²) in [7, 11) is 0. The summed E-state index contributed by atoms with van der Waals surface area (Å²) < 4.78 is 27.1. The maximum absolute atomic E-state index is 12.9. The minimum atomic E-state index is -1.03. The van der Waals surface area contributed by atoms with E-state index in [9.17, 15) is 13.9 Å². The van der Waals surface area contributed by atoms with Gasteiger partial charge in [0, 0.05) is 16.6 Å². The Morgan fingerprint density at radius 2 is 2.00 bits per heavy atom. The van der Waals surface area contributed by atoms with Crippen LogP contribution in [0, 0.1) is 11.6 Å². The lowest BCUT2D eigenvalue weighted by molar-refractivity contribution is -0.750. The largest absolute Gasteiger partial charge is 0.868 e. The first kappa shape index (κ1) is 9.76. The van der Waals surface area contributed by atoms with Gasteiger partial charge in [-0.15, -0.1) is 0 Å². The van der Waals surface area contributed by atoms with Gasteiger partial charge in [0.05, 0.1) is 0 Å². The molecule has 0 bridgehead atoms. The number of halogens is 2. The molecule has 0 atom stereocenters. The smallest absolute Gasteiger partial charge is 0.189 e. The SMILES string of the molecule is CC[n+]1cc([O-])c2cc(F)c(F)cc2n1. The van der Waals surface area contributed by atoms with Crippen LogP contribution < -0.4 is 9.79 Å². The highest BCUT2D eigenvalue weighted by Crippen LogP contribution is 2.21. The summed E-state index contributed by atoms with van der Waals surface area (Å²) in [6.45, 7) is 2.31. The Bertz CT molecular complexity index is 528. The zero-order valence-corrected chi connectivity index (χ0v) is 8.00. The third kappa shape index (κ3) is 1.60. The third-order valence-corrected chi connectivity index (χ3v) is 2.13. The first-order valence-corrected chi connectivity index (χ1v) is 4.48. The summed E-state index contributed by atoms with van der Waals surface area (Å²) in [5.74, 6) is -2.39. The lowest BCUT2D eigenvalue weighted by Crippen LogP contribution is -2.36. The zero-order valence-electron chi connectivity index (χ0n) is 8.00. The average Bonchev–Trinajstić information content (AvgIpc) is 2.21. The summed E-state index contributed by atoms with van der Waals surface area (Å²) in [5.41, 5.74) is 0.170. The summed E-state index contributed by atoms with van der Waals surface area (Å²) in [6.07, 6.45) is 1.26. The Morgan fingerprint density at radius 3 is 2.67 bits per heavy atom. The van der Waals surface area contributed by atoms with E-state index in [4.69, 9.17) is 0 Å². The van der Waals surface area contributed by atoms with Gasteiger partial charge in [0.2, 0.25) is 0 Å². The minimum absolute atomic E-state index is 0.0959. The topological polar surface area (TPSA) is 39.8 Å². The van der Waals surface area contributed by atoms with Gasteiger partial charge in [-0.3, -0.25) is 0 Å². The van der Waals surface area contributed by atoms with Crippen molar-refractivity contribution in [2.75, 3.05) is 0 Å². The van der Waals surface area contributed by atoms with Crippen LogP contribution in [0.15, 0.2) is 18.3 Å². The van der Waals surface area contributed by atoms with E-state index in [-0.39, 0.29) is 16.7 Å². The maximum atomic E-state index is 12.9. The van der Waals surface area contributed by atoms with E-state index in [0.717, 1.165) is 12.1 Å². The summed E-state index contributed by atoms with van der Waals surface area (Å²) in [5, 5.41) is 15.5. The van der Waals surface area contributed by atoms with Crippen molar-refractivity contribution in [2.24, 2.45) is 0 Å². The van der Waals surface area contributed by atoms with Gasteiger partial charge in [0.25, 0.3) is 0 Å². The molecule has 0 fully saturated rings. The highest BCUT2D eigenvalue weighted by Gasteiger charge is 2.09. The van der Waals surface area contributed by atoms with Crippen molar-refractivity contribution in [3.8, 4) is 5.75 Å². The van der Waals surface area contributed by atoms with Gasteiger partial charge in [0.1, 0.15) is 5.52 Å². The van der Waals surface area contributed by atoms with Gasteiger partial charge in [0.15, 0.2) is 24.4 Å². The Morgan fingerprint density at radius 1 is 1.33 bits per heavy atom. The van der Waals surface area contributed by atoms with Crippen molar-refractivity contribution >= 4 is 10.9 Å². The number of benzene rings is 1. The molecule has 2 rings (SSSR count). The van der Waals surface area contributed by atoms with Crippen LogP contribution in [0.3, 0.4) is 0 Å². The highest BCUT2D eigenvalue weighted by atomic mass is 19.2. The zero-order chi connectivity index (χ0) is 11.0. The van der Waals surface area contributed by atoms with Gasteiger partial charge < -0.3 is 5.11 Å². The van der Waals surface area contributed by atoms with E-state index in [1.54, 1.807) is 6.92 Å². The molecule has 1 aromatic heterocycles. The Labute approximate surface area is 84.6 Å². The van der Waals surface area contributed by atoms with Gasteiger partial charge in [-0.05, 0) is 18.7 Å². The summed E-state index contributed by atoms with van der Waals surface area (Å²) in [4.78, 5) is 0.